The maximum atomic E-state index is 11.8. The largest absolute Gasteiger partial charge is 0.452 e. The van der Waals surface area contributed by atoms with Gasteiger partial charge in [0.05, 0.1) is 0 Å². The van der Waals surface area contributed by atoms with Gasteiger partial charge in [-0.1, -0.05) is 45.7 Å². The Morgan fingerprint density at radius 2 is 2.00 bits per heavy atom. The fourth-order valence-electron chi connectivity index (χ4n) is 1.91. The molecule has 1 amide bonds. The number of ether oxygens (including phenoxy) is 1. The highest BCUT2D eigenvalue weighted by molar-refractivity contribution is 9.10. The number of hydrogen-bond acceptors (Lipinski definition) is 3. The second-order valence-electron chi connectivity index (χ2n) is 4.97. The molecule has 0 heterocycles. The molecular weight excluding hydrogens is 394 g/mol. The molecule has 0 radical (unpaired) electrons. The molecule has 24 heavy (non-hydrogen) atoms. The molecule has 2 aromatic rings. The van der Waals surface area contributed by atoms with Crippen LogP contribution in [0.2, 0.25) is 5.02 Å². The average Bonchev–Trinajstić information content (AvgIpc) is 2.55. The molecule has 2 rings (SSSR count). The van der Waals surface area contributed by atoms with E-state index in [2.05, 4.69) is 21.2 Å². The monoisotopic (exact) mass is 407 g/mol. The van der Waals surface area contributed by atoms with E-state index in [1.54, 1.807) is 30.3 Å². The predicted molar refractivity (Wildman–Crippen MR) is 99.0 cm³/mol. The Bertz CT molecular complexity index is 790. The number of rotatable bonds is 5. The molecule has 0 aliphatic heterocycles. The zero-order valence-corrected chi connectivity index (χ0v) is 15.2. The summed E-state index contributed by atoms with van der Waals surface area (Å²) >= 11 is 9.34. The summed E-state index contributed by atoms with van der Waals surface area (Å²) in [7, 11) is 0. The molecule has 0 bridgehead atoms. The van der Waals surface area contributed by atoms with Gasteiger partial charge >= 0.3 is 5.97 Å². The third-order valence-corrected chi connectivity index (χ3v) is 3.95. The summed E-state index contributed by atoms with van der Waals surface area (Å²) in [5.74, 6) is -1.02. The number of nitrogens with one attached hydrogen (secondary N) is 1. The van der Waals surface area contributed by atoms with E-state index in [4.69, 9.17) is 16.3 Å². The molecule has 124 valence electrons. The van der Waals surface area contributed by atoms with Gasteiger partial charge in [-0.15, -0.1) is 0 Å². The molecule has 0 atom stereocenters. The van der Waals surface area contributed by atoms with Crippen molar-refractivity contribution >= 4 is 51.2 Å². The summed E-state index contributed by atoms with van der Waals surface area (Å²) in [6.07, 6.45) is 2.78. The number of carbonyl (C=O) groups is 2. The third-order valence-electron chi connectivity index (χ3n) is 3.11. The van der Waals surface area contributed by atoms with Gasteiger partial charge in [0.15, 0.2) is 6.61 Å². The van der Waals surface area contributed by atoms with Crippen molar-refractivity contribution in [2.45, 2.75) is 6.92 Å². The minimum atomic E-state index is -0.613. The Balaban J connectivity index is 1.85. The maximum absolute atomic E-state index is 11.8. The van der Waals surface area contributed by atoms with Gasteiger partial charge in [-0.2, -0.15) is 0 Å². The van der Waals surface area contributed by atoms with Gasteiger partial charge in [0.1, 0.15) is 0 Å². The fourth-order valence-corrected chi connectivity index (χ4v) is 2.58. The zero-order valence-electron chi connectivity index (χ0n) is 12.9. The van der Waals surface area contributed by atoms with Gasteiger partial charge in [0, 0.05) is 21.3 Å². The van der Waals surface area contributed by atoms with E-state index in [0.717, 1.165) is 10.0 Å². The molecule has 2 aromatic carbocycles. The van der Waals surface area contributed by atoms with Crippen LogP contribution in [0.4, 0.5) is 5.69 Å². The molecular formula is C18H15BrClNO3. The van der Waals surface area contributed by atoms with Crippen molar-refractivity contribution < 1.29 is 14.3 Å². The quantitative estimate of drug-likeness (QED) is 0.581. The van der Waals surface area contributed by atoms with Gasteiger partial charge in [0.25, 0.3) is 5.91 Å². The van der Waals surface area contributed by atoms with Crippen molar-refractivity contribution in [2.75, 3.05) is 11.9 Å². The van der Waals surface area contributed by atoms with E-state index >= 15 is 0 Å². The summed E-state index contributed by atoms with van der Waals surface area (Å²) in [4.78, 5) is 23.5. The van der Waals surface area contributed by atoms with Crippen LogP contribution in [0, 0.1) is 6.92 Å². The van der Waals surface area contributed by atoms with E-state index in [1.807, 2.05) is 25.1 Å². The van der Waals surface area contributed by atoms with Crippen LogP contribution in [0.5, 0.6) is 0 Å². The normalized spacial score (nSPS) is 10.6. The third kappa shape index (κ3) is 5.51. The van der Waals surface area contributed by atoms with Crippen LogP contribution < -0.4 is 5.32 Å². The van der Waals surface area contributed by atoms with Gasteiger partial charge in [-0.05, 0) is 48.4 Å². The maximum Gasteiger partial charge on any atom is 0.331 e. The van der Waals surface area contributed by atoms with Gasteiger partial charge < -0.3 is 10.1 Å². The Morgan fingerprint density at radius 3 is 2.71 bits per heavy atom. The Kier molecular flexibility index (Phi) is 6.58. The van der Waals surface area contributed by atoms with E-state index in [9.17, 15) is 9.59 Å². The summed E-state index contributed by atoms with van der Waals surface area (Å²) in [5, 5.41) is 3.23. The minimum absolute atomic E-state index is 0.360. The zero-order chi connectivity index (χ0) is 17.5. The summed E-state index contributed by atoms with van der Waals surface area (Å²) in [6, 6.07) is 12.6. The van der Waals surface area contributed by atoms with Crippen molar-refractivity contribution in [1.82, 2.24) is 0 Å². The van der Waals surface area contributed by atoms with E-state index in [-0.39, 0.29) is 6.61 Å². The lowest BCUT2D eigenvalue weighted by Crippen LogP contribution is -2.20. The van der Waals surface area contributed by atoms with Gasteiger partial charge in [0.2, 0.25) is 0 Å². The number of benzene rings is 2. The SMILES string of the molecule is Cc1cc(Br)ccc1NC(=O)COC(=O)/C=C/c1ccccc1Cl. The van der Waals surface area contributed by atoms with Gasteiger partial charge in [-0.25, -0.2) is 4.79 Å². The molecule has 6 heteroatoms. The first-order chi connectivity index (χ1) is 11.5. The lowest BCUT2D eigenvalue weighted by Gasteiger charge is -2.08. The lowest BCUT2D eigenvalue weighted by molar-refractivity contribution is -0.142. The first-order valence-electron chi connectivity index (χ1n) is 7.11. The standard InChI is InChI=1S/C18H15BrClNO3/c1-12-10-14(19)7-8-16(12)21-17(22)11-24-18(23)9-6-13-4-2-3-5-15(13)20/h2-10H,11H2,1H3,(H,21,22)/b9-6+. The Hall–Kier alpha value is -2.11. The fraction of sp³-hybridized carbons (Fsp3) is 0.111. The van der Waals surface area contributed by atoms with Crippen molar-refractivity contribution in [2.24, 2.45) is 0 Å². The number of amides is 1. The molecule has 0 aliphatic rings. The second-order valence-corrected chi connectivity index (χ2v) is 6.29. The smallest absolute Gasteiger partial charge is 0.331 e. The molecule has 4 nitrogen and oxygen atoms in total. The van der Waals surface area contributed by atoms with E-state index < -0.39 is 11.9 Å². The summed E-state index contributed by atoms with van der Waals surface area (Å²) in [6.45, 7) is 1.51. The molecule has 0 fully saturated rings. The van der Waals surface area contributed by atoms with Crippen molar-refractivity contribution in [1.29, 1.82) is 0 Å². The van der Waals surface area contributed by atoms with Crippen LogP contribution in [0.25, 0.3) is 6.08 Å². The van der Waals surface area contributed by atoms with Crippen LogP contribution in [0.1, 0.15) is 11.1 Å². The minimum Gasteiger partial charge on any atom is -0.452 e. The highest BCUT2D eigenvalue weighted by Gasteiger charge is 2.07. The summed E-state index contributed by atoms with van der Waals surface area (Å²) < 4.78 is 5.84. The van der Waals surface area contributed by atoms with E-state index in [1.165, 1.54) is 6.08 Å². The first-order valence-corrected chi connectivity index (χ1v) is 8.28. The van der Waals surface area contributed by atoms with Crippen molar-refractivity contribution in [3.63, 3.8) is 0 Å². The molecule has 0 spiro atoms. The number of aryl methyl sites for hydroxylation is 1. The molecule has 0 saturated carbocycles. The Morgan fingerprint density at radius 1 is 1.25 bits per heavy atom. The Labute approximate surface area is 153 Å². The number of carbonyl (C=O) groups excluding carboxylic acids is 2. The summed E-state index contributed by atoms with van der Waals surface area (Å²) in [5.41, 5.74) is 2.28. The second kappa shape index (κ2) is 8.66. The topological polar surface area (TPSA) is 55.4 Å². The van der Waals surface area contributed by atoms with Gasteiger partial charge in [-0.3, -0.25) is 4.79 Å². The van der Waals surface area contributed by atoms with Crippen LogP contribution in [-0.4, -0.2) is 18.5 Å². The molecule has 0 aliphatic carbocycles. The average molecular weight is 409 g/mol. The first kappa shape index (κ1) is 18.2. The highest BCUT2D eigenvalue weighted by atomic mass is 79.9. The number of halogens is 2. The highest BCUT2D eigenvalue weighted by Crippen LogP contribution is 2.20. The van der Waals surface area contributed by atoms with Crippen LogP contribution in [0.15, 0.2) is 53.0 Å². The van der Waals surface area contributed by atoms with Crippen LogP contribution in [0.3, 0.4) is 0 Å². The van der Waals surface area contributed by atoms with Crippen molar-refractivity contribution in [3.8, 4) is 0 Å². The molecule has 0 saturated heterocycles. The predicted octanol–water partition coefficient (Wildman–Crippen LogP) is 4.61. The number of esters is 1. The number of anilines is 1. The number of hydrogen-bond donors (Lipinski definition) is 1. The molecule has 0 unspecified atom stereocenters. The van der Waals surface area contributed by atoms with Crippen LogP contribution in [-0.2, 0) is 14.3 Å². The van der Waals surface area contributed by atoms with Crippen LogP contribution >= 0.6 is 27.5 Å². The molecule has 0 aromatic heterocycles. The molecule has 1 N–H and O–H groups in total. The lowest BCUT2D eigenvalue weighted by atomic mass is 10.2. The van der Waals surface area contributed by atoms with E-state index in [0.29, 0.717) is 16.3 Å². The van der Waals surface area contributed by atoms with Crippen molar-refractivity contribution in [3.05, 3.63) is 69.2 Å².